The van der Waals surface area contributed by atoms with Crippen LogP contribution in [0, 0.1) is 0 Å². The van der Waals surface area contributed by atoms with Crippen LogP contribution >= 0.6 is 0 Å². The van der Waals surface area contributed by atoms with E-state index in [9.17, 15) is 9.90 Å². The van der Waals surface area contributed by atoms with E-state index in [1.807, 2.05) is 34.9 Å². The number of aromatic nitrogens is 2. The van der Waals surface area contributed by atoms with Crippen LogP contribution in [-0.4, -0.2) is 20.2 Å². The fourth-order valence-electron chi connectivity index (χ4n) is 3.97. The van der Waals surface area contributed by atoms with Crippen molar-refractivity contribution in [2.24, 2.45) is 0 Å². The highest BCUT2D eigenvalue weighted by molar-refractivity contribution is 5.94. The topological polar surface area (TPSA) is 47.2 Å². The van der Waals surface area contributed by atoms with Gasteiger partial charge in [-0.15, -0.1) is 0 Å². The lowest BCUT2D eigenvalue weighted by molar-refractivity contribution is 0.0684. The Bertz CT molecular complexity index is 1120. The van der Waals surface area contributed by atoms with Gasteiger partial charge in [-0.2, -0.15) is 0 Å². The molecule has 4 heteroatoms. The highest BCUT2D eigenvalue weighted by atomic mass is 16.4. The van der Waals surface area contributed by atoms with Gasteiger partial charge in [0, 0.05) is 29.2 Å². The maximum Gasteiger partial charge on any atom is 0.352 e. The summed E-state index contributed by atoms with van der Waals surface area (Å²) >= 11 is 0. The molecule has 25 heavy (non-hydrogen) atoms. The van der Waals surface area contributed by atoms with Gasteiger partial charge in [0.1, 0.15) is 5.69 Å². The van der Waals surface area contributed by atoms with Crippen molar-refractivity contribution in [3.8, 4) is 0 Å². The monoisotopic (exact) mass is 330 g/mol. The van der Waals surface area contributed by atoms with E-state index in [1.54, 1.807) is 6.07 Å². The molecule has 0 spiro atoms. The lowest BCUT2D eigenvalue weighted by Crippen LogP contribution is -2.24. The molecule has 0 saturated heterocycles. The van der Waals surface area contributed by atoms with Crippen LogP contribution in [-0.2, 0) is 12.1 Å². The van der Waals surface area contributed by atoms with Crippen molar-refractivity contribution in [2.45, 2.75) is 24.9 Å². The highest BCUT2D eigenvalue weighted by Crippen LogP contribution is 2.47. The van der Waals surface area contributed by atoms with Crippen LogP contribution in [0.2, 0.25) is 0 Å². The number of benzene rings is 2. The number of para-hydroxylation sites is 2. The Morgan fingerprint density at radius 2 is 1.64 bits per heavy atom. The molecule has 2 aromatic carbocycles. The molecule has 0 bridgehead atoms. The molecule has 0 amide bonds. The third-order valence-electron chi connectivity index (χ3n) is 5.42. The molecule has 1 fully saturated rings. The zero-order chi connectivity index (χ0) is 17.0. The molecule has 4 nitrogen and oxygen atoms in total. The Morgan fingerprint density at radius 1 is 0.960 bits per heavy atom. The van der Waals surface area contributed by atoms with Gasteiger partial charge < -0.3 is 14.2 Å². The molecule has 1 aliphatic rings. The molecule has 0 radical (unpaired) electrons. The maximum atomic E-state index is 11.8. The first kappa shape index (κ1) is 14.3. The lowest BCUT2D eigenvalue weighted by atomic mass is 10.2. The van der Waals surface area contributed by atoms with E-state index in [0.29, 0.717) is 12.2 Å². The van der Waals surface area contributed by atoms with E-state index in [1.165, 1.54) is 10.9 Å². The van der Waals surface area contributed by atoms with Gasteiger partial charge in [0.05, 0.1) is 5.54 Å². The van der Waals surface area contributed by atoms with Gasteiger partial charge in [-0.05, 0) is 42.5 Å². The van der Waals surface area contributed by atoms with Crippen molar-refractivity contribution in [1.29, 1.82) is 0 Å². The van der Waals surface area contributed by atoms with E-state index in [4.69, 9.17) is 0 Å². The molecule has 0 aliphatic heterocycles. The van der Waals surface area contributed by atoms with Gasteiger partial charge in [0.15, 0.2) is 0 Å². The van der Waals surface area contributed by atoms with Crippen LogP contribution in [0.4, 0.5) is 0 Å². The minimum atomic E-state index is -0.871. The molecule has 1 N–H and O–H groups in total. The predicted octanol–water partition coefficient (Wildman–Crippen LogP) is 4.48. The van der Waals surface area contributed by atoms with E-state index in [0.717, 1.165) is 23.7 Å². The summed E-state index contributed by atoms with van der Waals surface area (Å²) in [6.45, 7) is 0.681. The average Bonchev–Trinajstić information content (AvgIpc) is 3.12. The molecular formula is C21H18N2O2. The summed E-state index contributed by atoms with van der Waals surface area (Å²) in [5.41, 5.74) is 2.54. The molecule has 5 rings (SSSR count). The Hall–Kier alpha value is -3.01. The maximum absolute atomic E-state index is 11.8. The normalized spacial score (nSPS) is 15.7. The second kappa shape index (κ2) is 4.99. The summed E-state index contributed by atoms with van der Waals surface area (Å²) in [5, 5.41) is 11.9. The smallest absolute Gasteiger partial charge is 0.352 e. The number of fused-ring (bicyclic) bond motifs is 2. The van der Waals surface area contributed by atoms with Crippen molar-refractivity contribution in [3.05, 3.63) is 72.6 Å². The van der Waals surface area contributed by atoms with E-state index >= 15 is 0 Å². The minimum Gasteiger partial charge on any atom is -0.477 e. The summed E-state index contributed by atoms with van der Waals surface area (Å²) in [7, 11) is 0. The number of aromatic carboxylic acids is 1. The number of hydrogen-bond acceptors (Lipinski definition) is 1. The summed E-state index contributed by atoms with van der Waals surface area (Å²) < 4.78 is 4.31. The molecular weight excluding hydrogens is 312 g/mol. The van der Waals surface area contributed by atoms with E-state index in [2.05, 4.69) is 35.0 Å². The zero-order valence-corrected chi connectivity index (χ0v) is 13.7. The summed E-state index contributed by atoms with van der Waals surface area (Å²) in [6, 6.07) is 20.2. The van der Waals surface area contributed by atoms with Crippen LogP contribution in [0.3, 0.4) is 0 Å². The Balaban J connectivity index is 1.65. The first-order valence-corrected chi connectivity index (χ1v) is 8.56. The molecule has 0 unspecified atom stereocenters. The van der Waals surface area contributed by atoms with Crippen LogP contribution in [0.1, 0.15) is 23.3 Å². The molecule has 1 aliphatic carbocycles. The second-order valence-corrected chi connectivity index (χ2v) is 6.95. The standard InChI is InChI=1S/C21H18N2O2/c24-20(25)19-13-16-6-2-3-7-17(16)22(19)14-21(10-11-21)23-12-9-15-5-1-4-8-18(15)23/h1-9,12-13H,10-11,14H2,(H,24,25). The number of rotatable bonds is 4. The van der Waals surface area contributed by atoms with Crippen LogP contribution in [0.15, 0.2) is 66.9 Å². The molecule has 1 saturated carbocycles. The molecule has 0 atom stereocenters. The van der Waals surface area contributed by atoms with E-state index in [-0.39, 0.29) is 5.54 Å². The van der Waals surface area contributed by atoms with Gasteiger partial charge in [-0.25, -0.2) is 4.79 Å². The number of hydrogen-bond donors (Lipinski definition) is 1. The van der Waals surface area contributed by atoms with Gasteiger partial charge in [-0.1, -0.05) is 36.4 Å². The summed E-state index contributed by atoms with van der Waals surface area (Å²) in [6.07, 6.45) is 4.28. The van der Waals surface area contributed by atoms with Crippen molar-refractivity contribution < 1.29 is 9.90 Å². The largest absolute Gasteiger partial charge is 0.477 e. The second-order valence-electron chi connectivity index (χ2n) is 6.95. The number of nitrogens with zero attached hydrogens (tertiary/aromatic N) is 2. The molecule has 2 heterocycles. The lowest BCUT2D eigenvalue weighted by Gasteiger charge is -2.22. The first-order chi connectivity index (χ1) is 12.2. The number of carboxylic acid groups (broad SMARTS) is 1. The Kier molecular flexibility index (Phi) is 2.86. The summed E-state index contributed by atoms with van der Waals surface area (Å²) in [4.78, 5) is 11.8. The van der Waals surface area contributed by atoms with Crippen molar-refractivity contribution in [1.82, 2.24) is 9.13 Å². The van der Waals surface area contributed by atoms with Crippen LogP contribution < -0.4 is 0 Å². The zero-order valence-electron chi connectivity index (χ0n) is 13.7. The molecule has 4 aromatic rings. The number of carboxylic acids is 1. The average molecular weight is 330 g/mol. The van der Waals surface area contributed by atoms with Crippen LogP contribution in [0.25, 0.3) is 21.8 Å². The Labute approximate surface area is 144 Å². The van der Waals surface area contributed by atoms with Gasteiger partial charge in [0.2, 0.25) is 0 Å². The number of carbonyl (C=O) groups is 1. The molecule has 2 aromatic heterocycles. The fourth-order valence-corrected chi connectivity index (χ4v) is 3.97. The fraction of sp³-hybridized carbons (Fsp3) is 0.190. The van der Waals surface area contributed by atoms with Gasteiger partial charge >= 0.3 is 5.97 Å². The van der Waals surface area contributed by atoms with Crippen molar-refractivity contribution in [2.75, 3.05) is 0 Å². The van der Waals surface area contributed by atoms with Gasteiger partial charge in [-0.3, -0.25) is 0 Å². The van der Waals surface area contributed by atoms with Gasteiger partial charge in [0.25, 0.3) is 0 Å². The minimum absolute atomic E-state index is 0.0326. The highest BCUT2D eigenvalue weighted by Gasteiger charge is 2.46. The van der Waals surface area contributed by atoms with Crippen LogP contribution in [0.5, 0.6) is 0 Å². The SMILES string of the molecule is O=C(O)c1cc2ccccc2n1CC1(n2ccc3ccccc32)CC1. The quantitative estimate of drug-likeness (QED) is 0.599. The van der Waals surface area contributed by atoms with E-state index < -0.39 is 5.97 Å². The van der Waals surface area contributed by atoms with Crippen molar-refractivity contribution >= 4 is 27.8 Å². The first-order valence-electron chi connectivity index (χ1n) is 8.56. The third kappa shape index (κ3) is 2.10. The Morgan fingerprint density at radius 3 is 2.36 bits per heavy atom. The molecule has 124 valence electrons. The third-order valence-corrected chi connectivity index (χ3v) is 5.42. The van der Waals surface area contributed by atoms with Crippen molar-refractivity contribution in [3.63, 3.8) is 0 Å². The predicted molar refractivity (Wildman–Crippen MR) is 98.0 cm³/mol. The summed E-state index contributed by atoms with van der Waals surface area (Å²) in [5.74, 6) is -0.871.